The SMILES string of the molecule is Cc1cc(C)c(-c2cc(C3=N[C@](C)(C4CCCC4)CO3)[c-]c(-n3c4[c-]c(-c5cc(C(C)(C)C)ccn5)c(C)cc4c4cc(C)ccc43)c2)c(C)c1.[Pt+2]. The van der Waals surface area contributed by atoms with E-state index in [0.717, 1.165) is 44.7 Å². The number of aryl methyl sites for hydroxylation is 5. The monoisotopic (exact) mass is 866 g/mol. The zero-order chi connectivity index (χ0) is 35.8. The number of ether oxygens (including phenoxy) is 1. The summed E-state index contributed by atoms with van der Waals surface area (Å²) in [6.45, 7) is 20.6. The fraction of sp³-hybridized carbons (Fsp3) is 0.362. The fourth-order valence-electron chi connectivity index (χ4n) is 8.73. The van der Waals surface area contributed by atoms with Crippen LogP contribution in [0.4, 0.5) is 0 Å². The van der Waals surface area contributed by atoms with Crippen LogP contribution in [-0.4, -0.2) is 27.6 Å². The first-order chi connectivity index (χ1) is 24.3. The van der Waals surface area contributed by atoms with E-state index in [4.69, 9.17) is 14.7 Å². The molecule has 0 saturated heterocycles. The third-order valence-electron chi connectivity index (χ3n) is 11.4. The Hall–Kier alpha value is -4.01. The second-order valence-electron chi connectivity index (χ2n) is 16.6. The molecule has 2 aromatic heterocycles. The molecule has 0 bridgehead atoms. The molecule has 8 rings (SSSR count). The van der Waals surface area contributed by atoms with E-state index in [0.29, 0.717) is 18.4 Å². The minimum Gasteiger partial charge on any atom is -0.518 e. The van der Waals surface area contributed by atoms with E-state index in [1.807, 2.05) is 6.20 Å². The molecule has 0 N–H and O–H groups in total. The van der Waals surface area contributed by atoms with Crippen LogP contribution in [0.3, 0.4) is 0 Å². The molecule has 3 heterocycles. The van der Waals surface area contributed by atoms with E-state index >= 15 is 0 Å². The Bertz CT molecular complexity index is 2360. The summed E-state index contributed by atoms with van der Waals surface area (Å²) < 4.78 is 8.87. The molecule has 0 unspecified atom stereocenters. The van der Waals surface area contributed by atoms with Gasteiger partial charge in [0.1, 0.15) is 12.5 Å². The van der Waals surface area contributed by atoms with Crippen molar-refractivity contribution >= 4 is 27.7 Å². The van der Waals surface area contributed by atoms with Gasteiger partial charge < -0.3 is 14.3 Å². The number of rotatable bonds is 5. The van der Waals surface area contributed by atoms with Crippen LogP contribution in [0.25, 0.3) is 49.9 Å². The fourth-order valence-corrected chi connectivity index (χ4v) is 8.73. The molecular formula is C47H49N3OPt. The van der Waals surface area contributed by atoms with Crippen molar-refractivity contribution in [2.75, 3.05) is 6.61 Å². The van der Waals surface area contributed by atoms with Gasteiger partial charge in [-0.2, -0.15) is 0 Å². The van der Waals surface area contributed by atoms with Gasteiger partial charge in [0.15, 0.2) is 0 Å². The number of fused-ring (bicyclic) bond motifs is 3. The quantitative estimate of drug-likeness (QED) is 0.162. The summed E-state index contributed by atoms with van der Waals surface area (Å²) in [5, 5.41) is 2.38. The van der Waals surface area contributed by atoms with E-state index in [2.05, 4.69) is 140 Å². The van der Waals surface area contributed by atoms with Crippen molar-refractivity contribution in [3.63, 3.8) is 0 Å². The average molecular weight is 867 g/mol. The van der Waals surface area contributed by atoms with Gasteiger partial charge in [-0.15, -0.1) is 41.5 Å². The van der Waals surface area contributed by atoms with Crippen molar-refractivity contribution in [1.29, 1.82) is 0 Å². The van der Waals surface area contributed by atoms with Crippen molar-refractivity contribution < 1.29 is 25.8 Å². The van der Waals surface area contributed by atoms with Crippen molar-refractivity contribution in [3.8, 4) is 28.1 Å². The van der Waals surface area contributed by atoms with Crippen LogP contribution in [-0.2, 0) is 31.2 Å². The Morgan fingerprint density at radius 3 is 2.25 bits per heavy atom. The molecule has 1 aliphatic heterocycles. The third kappa shape index (κ3) is 6.36. The molecule has 1 fully saturated rings. The molecule has 0 radical (unpaired) electrons. The van der Waals surface area contributed by atoms with E-state index in [1.165, 1.54) is 69.8 Å². The Labute approximate surface area is 324 Å². The number of hydrogen-bond acceptors (Lipinski definition) is 3. The molecule has 2 aliphatic rings. The predicted molar refractivity (Wildman–Crippen MR) is 212 cm³/mol. The molecule has 1 aliphatic carbocycles. The number of hydrogen-bond donors (Lipinski definition) is 0. The first-order valence-electron chi connectivity index (χ1n) is 18.6. The summed E-state index contributed by atoms with van der Waals surface area (Å²) in [5.41, 5.74) is 15.6. The smallest absolute Gasteiger partial charge is 0.518 e. The maximum atomic E-state index is 6.53. The Balaban J connectivity index is 0.00000420. The van der Waals surface area contributed by atoms with E-state index in [1.54, 1.807) is 0 Å². The Morgan fingerprint density at radius 1 is 0.808 bits per heavy atom. The van der Waals surface area contributed by atoms with Crippen molar-refractivity contribution in [2.24, 2.45) is 10.9 Å². The summed E-state index contributed by atoms with van der Waals surface area (Å²) in [6.07, 6.45) is 6.94. The number of aromatic nitrogens is 2. The normalized spacial score (nSPS) is 17.8. The number of aliphatic imine (C=N–C) groups is 1. The summed E-state index contributed by atoms with van der Waals surface area (Å²) in [7, 11) is 0. The van der Waals surface area contributed by atoms with Gasteiger partial charge >= 0.3 is 21.1 Å². The van der Waals surface area contributed by atoms with Crippen LogP contribution in [0.5, 0.6) is 0 Å². The summed E-state index contributed by atoms with van der Waals surface area (Å²) in [6, 6.07) is 30.3. The zero-order valence-electron chi connectivity index (χ0n) is 32.0. The van der Waals surface area contributed by atoms with Crippen LogP contribution < -0.4 is 0 Å². The Morgan fingerprint density at radius 2 is 1.54 bits per heavy atom. The van der Waals surface area contributed by atoms with Gasteiger partial charge in [0.2, 0.25) is 0 Å². The van der Waals surface area contributed by atoms with Gasteiger partial charge in [0.25, 0.3) is 0 Å². The summed E-state index contributed by atoms with van der Waals surface area (Å²) in [5.74, 6) is 1.26. The number of nitrogens with zero attached hydrogens (tertiary/aromatic N) is 3. The van der Waals surface area contributed by atoms with Crippen LogP contribution in [0.1, 0.15) is 92.3 Å². The van der Waals surface area contributed by atoms with E-state index in [-0.39, 0.29) is 32.0 Å². The van der Waals surface area contributed by atoms with Crippen LogP contribution in [0.15, 0.2) is 71.9 Å². The topological polar surface area (TPSA) is 39.4 Å². The van der Waals surface area contributed by atoms with E-state index < -0.39 is 0 Å². The standard InChI is InChI=1S/C47H49N3O.Pt/c1-28-14-15-42-39(20-28)40-21-30(3)38(41-25-36(16-17-48-41)46(6,7)8)26-43(40)50(42)37-23-33(44-31(4)18-29(2)19-32(44)5)22-34(24-37)45-49-47(9,27-51-45)35-12-10-11-13-35;/h14-23,25,35H,10-13,27H2,1-9H3;/q-2;+2/t47-;/m0./s1. The van der Waals surface area contributed by atoms with Crippen LogP contribution in [0, 0.1) is 52.7 Å². The number of benzene rings is 4. The van der Waals surface area contributed by atoms with Crippen LogP contribution in [0.2, 0.25) is 0 Å². The van der Waals surface area contributed by atoms with Gasteiger partial charge in [-0.3, -0.25) is 4.99 Å². The molecule has 268 valence electrons. The summed E-state index contributed by atoms with van der Waals surface area (Å²) in [4.78, 5) is 10.2. The minimum atomic E-state index is -0.204. The molecule has 6 aromatic rings. The third-order valence-corrected chi connectivity index (χ3v) is 11.4. The zero-order valence-corrected chi connectivity index (χ0v) is 34.3. The molecule has 1 atom stereocenters. The average Bonchev–Trinajstić information content (AvgIpc) is 3.83. The second kappa shape index (κ2) is 13.4. The maximum absolute atomic E-state index is 6.53. The van der Waals surface area contributed by atoms with Crippen molar-refractivity contribution in [1.82, 2.24) is 9.55 Å². The van der Waals surface area contributed by atoms with Gasteiger partial charge in [-0.25, -0.2) is 0 Å². The summed E-state index contributed by atoms with van der Waals surface area (Å²) >= 11 is 0. The van der Waals surface area contributed by atoms with Crippen molar-refractivity contribution in [2.45, 2.75) is 99.0 Å². The largest absolute Gasteiger partial charge is 2.00 e. The van der Waals surface area contributed by atoms with Gasteiger partial charge in [-0.05, 0) is 115 Å². The molecular weight excluding hydrogens is 818 g/mol. The van der Waals surface area contributed by atoms with Gasteiger partial charge in [-0.1, -0.05) is 98.5 Å². The first-order valence-corrected chi connectivity index (χ1v) is 18.6. The molecule has 5 heteroatoms. The van der Waals surface area contributed by atoms with Gasteiger partial charge in [0, 0.05) is 11.7 Å². The maximum Gasteiger partial charge on any atom is 2.00 e. The number of pyridine rings is 1. The molecule has 1 saturated carbocycles. The molecule has 4 aromatic carbocycles. The van der Waals surface area contributed by atoms with Crippen molar-refractivity contribution in [3.05, 3.63) is 118 Å². The molecule has 0 amide bonds. The van der Waals surface area contributed by atoms with Crippen LogP contribution >= 0.6 is 0 Å². The van der Waals surface area contributed by atoms with Gasteiger partial charge in [0.05, 0.1) is 5.54 Å². The molecule has 52 heavy (non-hydrogen) atoms. The van der Waals surface area contributed by atoms with E-state index in [9.17, 15) is 0 Å². The first kappa shape index (κ1) is 36.4. The second-order valence-corrected chi connectivity index (χ2v) is 16.6. The molecule has 4 nitrogen and oxygen atoms in total. The minimum absolute atomic E-state index is 0. The molecule has 0 spiro atoms. The predicted octanol–water partition coefficient (Wildman–Crippen LogP) is 11.7. The Kier molecular flexibility index (Phi) is 9.40.